The maximum Gasteiger partial charge on any atom is 0.118 e. The number of rotatable bonds is 10. The molecule has 1 heterocycles. The van der Waals surface area contributed by atoms with Crippen LogP contribution in [0.15, 0.2) is 84.9 Å². The summed E-state index contributed by atoms with van der Waals surface area (Å²) < 4.78 is 24.1. The molecule has 1 aliphatic rings. The van der Waals surface area contributed by atoms with Gasteiger partial charge in [0.25, 0.3) is 0 Å². The zero-order chi connectivity index (χ0) is 22.2. The first-order chi connectivity index (χ1) is 15.8. The number of methoxy groups -OCH3 is 1. The van der Waals surface area contributed by atoms with E-state index in [2.05, 4.69) is 0 Å². The fourth-order valence-electron chi connectivity index (χ4n) is 4.05. The third-order valence-electron chi connectivity index (χ3n) is 5.75. The van der Waals surface area contributed by atoms with E-state index in [-0.39, 0.29) is 24.9 Å². The van der Waals surface area contributed by atoms with Crippen molar-refractivity contribution in [1.82, 2.24) is 0 Å². The third-order valence-corrected chi connectivity index (χ3v) is 5.75. The monoisotopic (exact) mass is 434 g/mol. The van der Waals surface area contributed by atoms with E-state index < -0.39 is 6.10 Å². The lowest BCUT2D eigenvalue weighted by atomic mass is 10.0. The van der Waals surface area contributed by atoms with Crippen molar-refractivity contribution >= 4 is 0 Å². The molecule has 168 valence electrons. The van der Waals surface area contributed by atoms with E-state index in [1.54, 1.807) is 7.11 Å². The van der Waals surface area contributed by atoms with Gasteiger partial charge in [0.15, 0.2) is 0 Å². The molecule has 0 spiro atoms. The molecule has 0 unspecified atom stereocenters. The summed E-state index contributed by atoms with van der Waals surface area (Å²) in [6, 6.07) is 28.0. The molecule has 1 N–H and O–H groups in total. The van der Waals surface area contributed by atoms with Gasteiger partial charge in [-0.25, -0.2) is 0 Å². The molecule has 32 heavy (non-hydrogen) atoms. The Hall–Kier alpha value is -2.70. The van der Waals surface area contributed by atoms with Gasteiger partial charge in [-0.2, -0.15) is 0 Å². The van der Waals surface area contributed by atoms with Crippen LogP contribution < -0.4 is 4.74 Å². The summed E-state index contributed by atoms with van der Waals surface area (Å²) in [6.07, 6.45) is -0.691. The average Bonchev–Trinajstić information content (AvgIpc) is 3.19. The van der Waals surface area contributed by atoms with E-state index in [0.717, 1.165) is 22.4 Å². The standard InChI is InChI=1S/C27H30O5/c1-29-23-14-12-20(13-15-23)16-24-26(30-18-21-8-4-2-5-9-21)27(25(17-28)32-24)31-19-22-10-6-3-7-11-22/h2-15,24-28H,16-19H2,1H3/t24-,25+,26+,27+/m0/s1. The van der Waals surface area contributed by atoms with Crippen molar-refractivity contribution in [1.29, 1.82) is 0 Å². The van der Waals surface area contributed by atoms with Crippen molar-refractivity contribution in [2.45, 2.75) is 44.1 Å². The molecule has 1 fully saturated rings. The van der Waals surface area contributed by atoms with Crippen LogP contribution >= 0.6 is 0 Å². The molecule has 5 nitrogen and oxygen atoms in total. The lowest BCUT2D eigenvalue weighted by molar-refractivity contribution is -0.0833. The van der Waals surface area contributed by atoms with Crippen LogP contribution in [-0.4, -0.2) is 43.2 Å². The Labute approximate surface area is 189 Å². The normalized spacial score (nSPS) is 22.7. The number of hydrogen-bond acceptors (Lipinski definition) is 5. The van der Waals surface area contributed by atoms with Gasteiger partial charge < -0.3 is 24.1 Å². The summed E-state index contributed by atoms with van der Waals surface area (Å²) in [7, 11) is 1.66. The Kier molecular flexibility index (Phi) is 7.91. The van der Waals surface area contributed by atoms with E-state index in [1.165, 1.54) is 0 Å². The topological polar surface area (TPSA) is 57.2 Å². The predicted molar refractivity (Wildman–Crippen MR) is 122 cm³/mol. The summed E-state index contributed by atoms with van der Waals surface area (Å²) in [4.78, 5) is 0. The molecule has 0 bridgehead atoms. The van der Waals surface area contributed by atoms with Gasteiger partial charge >= 0.3 is 0 Å². The first kappa shape index (κ1) is 22.5. The fraction of sp³-hybridized carbons (Fsp3) is 0.333. The highest BCUT2D eigenvalue weighted by Crippen LogP contribution is 2.31. The van der Waals surface area contributed by atoms with E-state index in [9.17, 15) is 5.11 Å². The van der Waals surface area contributed by atoms with Crippen molar-refractivity contribution in [3.05, 3.63) is 102 Å². The van der Waals surface area contributed by atoms with Crippen molar-refractivity contribution in [2.24, 2.45) is 0 Å². The van der Waals surface area contributed by atoms with Gasteiger partial charge in [-0.05, 0) is 28.8 Å². The second-order valence-corrected chi connectivity index (χ2v) is 7.97. The Bertz CT molecular complexity index is 929. The number of aliphatic hydroxyl groups excluding tert-OH is 1. The first-order valence-corrected chi connectivity index (χ1v) is 11.0. The summed E-state index contributed by atoms with van der Waals surface area (Å²) in [6.45, 7) is 0.771. The van der Waals surface area contributed by atoms with E-state index in [1.807, 2.05) is 84.9 Å². The van der Waals surface area contributed by atoms with Crippen molar-refractivity contribution < 1.29 is 24.1 Å². The van der Waals surface area contributed by atoms with Gasteiger partial charge in [-0.3, -0.25) is 0 Å². The van der Waals surface area contributed by atoms with Crippen molar-refractivity contribution in [2.75, 3.05) is 13.7 Å². The molecule has 5 heteroatoms. The van der Waals surface area contributed by atoms with Crippen LogP contribution in [0, 0.1) is 0 Å². The van der Waals surface area contributed by atoms with Crippen molar-refractivity contribution in [3.63, 3.8) is 0 Å². The predicted octanol–water partition coefficient (Wildman–Crippen LogP) is 4.17. The molecule has 3 aromatic rings. The molecule has 0 radical (unpaired) electrons. The molecule has 0 saturated carbocycles. The molecular formula is C27H30O5. The Morgan fingerprint density at radius 1 is 0.688 bits per heavy atom. The second kappa shape index (κ2) is 11.2. The van der Waals surface area contributed by atoms with Crippen LogP contribution in [0.25, 0.3) is 0 Å². The molecule has 1 saturated heterocycles. The maximum absolute atomic E-state index is 10.0. The lowest BCUT2D eigenvalue weighted by Gasteiger charge is -2.25. The minimum Gasteiger partial charge on any atom is -0.497 e. The zero-order valence-corrected chi connectivity index (χ0v) is 18.3. The average molecular weight is 435 g/mol. The Morgan fingerprint density at radius 3 is 1.72 bits per heavy atom. The molecule has 0 amide bonds. The highest BCUT2D eigenvalue weighted by Gasteiger charge is 2.45. The molecule has 0 aliphatic carbocycles. The van der Waals surface area contributed by atoms with Crippen LogP contribution in [-0.2, 0) is 33.8 Å². The highest BCUT2D eigenvalue weighted by atomic mass is 16.6. The van der Waals surface area contributed by atoms with Gasteiger partial charge in [0.2, 0.25) is 0 Å². The quantitative estimate of drug-likeness (QED) is 0.519. The summed E-state index contributed by atoms with van der Waals surface area (Å²) in [5.41, 5.74) is 3.28. The molecule has 0 aromatic heterocycles. The van der Waals surface area contributed by atoms with Gasteiger partial charge in [-0.15, -0.1) is 0 Å². The number of ether oxygens (including phenoxy) is 4. The van der Waals surface area contributed by atoms with E-state index in [4.69, 9.17) is 18.9 Å². The van der Waals surface area contributed by atoms with Gasteiger partial charge in [0.05, 0.1) is 33.0 Å². The highest BCUT2D eigenvalue weighted by molar-refractivity contribution is 5.28. The van der Waals surface area contributed by atoms with Gasteiger partial charge in [0.1, 0.15) is 24.1 Å². The molecule has 4 rings (SSSR count). The van der Waals surface area contributed by atoms with Gasteiger partial charge in [-0.1, -0.05) is 72.8 Å². The number of benzene rings is 3. The third kappa shape index (κ3) is 5.75. The van der Waals surface area contributed by atoms with Crippen LogP contribution in [0.4, 0.5) is 0 Å². The molecule has 4 atom stereocenters. The molecular weight excluding hydrogens is 404 g/mol. The maximum atomic E-state index is 10.0. The molecule has 3 aromatic carbocycles. The van der Waals surface area contributed by atoms with Crippen LogP contribution in [0.2, 0.25) is 0 Å². The Morgan fingerprint density at radius 2 is 1.22 bits per heavy atom. The minimum atomic E-state index is -0.442. The van der Waals surface area contributed by atoms with Crippen LogP contribution in [0.5, 0.6) is 5.75 Å². The van der Waals surface area contributed by atoms with E-state index in [0.29, 0.717) is 19.6 Å². The largest absolute Gasteiger partial charge is 0.497 e. The fourth-order valence-corrected chi connectivity index (χ4v) is 4.05. The first-order valence-electron chi connectivity index (χ1n) is 11.0. The molecule has 1 aliphatic heterocycles. The zero-order valence-electron chi connectivity index (χ0n) is 18.3. The van der Waals surface area contributed by atoms with Crippen molar-refractivity contribution in [3.8, 4) is 5.75 Å². The van der Waals surface area contributed by atoms with Crippen LogP contribution in [0.1, 0.15) is 16.7 Å². The second-order valence-electron chi connectivity index (χ2n) is 7.97. The summed E-state index contributed by atoms with van der Waals surface area (Å²) in [5, 5.41) is 10.0. The van der Waals surface area contributed by atoms with Crippen LogP contribution in [0.3, 0.4) is 0 Å². The van der Waals surface area contributed by atoms with E-state index >= 15 is 0 Å². The summed E-state index contributed by atoms with van der Waals surface area (Å²) in [5.74, 6) is 0.815. The number of aliphatic hydroxyl groups is 1. The number of hydrogen-bond donors (Lipinski definition) is 1. The smallest absolute Gasteiger partial charge is 0.118 e. The van der Waals surface area contributed by atoms with Gasteiger partial charge in [0, 0.05) is 6.42 Å². The lowest BCUT2D eigenvalue weighted by Crippen LogP contribution is -2.39. The SMILES string of the molecule is COc1ccc(C[C@@H]2O[C@H](CO)[C@@H](OCc3ccccc3)[C@@H]2OCc2ccccc2)cc1. The Balaban J connectivity index is 1.50. The summed E-state index contributed by atoms with van der Waals surface area (Å²) >= 11 is 0. The minimum absolute atomic E-state index is 0.121.